The molecule has 0 spiro atoms. The Morgan fingerprint density at radius 1 is 1.43 bits per heavy atom. The van der Waals surface area contributed by atoms with Gasteiger partial charge >= 0.3 is 0 Å². The van der Waals surface area contributed by atoms with E-state index in [9.17, 15) is 4.79 Å². The molecule has 0 aliphatic carbocycles. The summed E-state index contributed by atoms with van der Waals surface area (Å²) >= 11 is 5.88. The molecule has 0 radical (unpaired) electrons. The summed E-state index contributed by atoms with van der Waals surface area (Å²) in [5, 5.41) is 3.31. The molecule has 0 aliphatic heterocycles. The molecule has 0 saturated carbocycles. The summed E-state index contributed by atoms with van der Waals surface area (Å²) in [6, 6.07) is 6.90. The predicted octanol–water partition coefficient (Wildman–Crippen LogP) is 2.98. The summed E-state index contributed by atoms with van der Waals surface area (Å²) in [6.45, 7) is 1.38. The molecule has 3 N–H and O–H groups in total. The van der Waals surface area contributed by atoms with Crippen molar-refractivity contribution in [2.24, 2.45) is 0 Å². The maximum atomic E-state index is 11.9. The average Bonchev–Trinajstić information content (AvgIpc) is 2.93. The van der Waals surface area contributed by atoms with Gasteiger partial charge in [0.2, 0.25) is 5.91 Å². The van der Waals surface area contributed by atoms with Gasteiger partial charge in [-0.2, -0.15) is 0 Å². The van der Waals surface area contributed by atoms with Crippen molar-refractivity contribution in [3.8, 4) is 0 Å². The van der Waals surface area contributed by atoms with Gasteiger partial charge in [-0.1, -0.05) is 11.6 Å². The number of nitrogens with two attached hydrogens (primary N) is 1. The highest BCUT2D eigenvalue weighted by molar-refractivity contribution is 6.31. The number of anilines is 2. The lowest BCUT2D eigenvalue weighted by molar-refractivity contribution is -0.116. The lowest BCUT2D eigenvalue weighted by Gasteiger charge is -2.15. The minimum absolute atomic E-state index is 0.0944. The highest BCUT2D eigenvalue weighted by Gasteiger charge is 2.08. The summed E-state index contributed by atoms with van der Waals surface area (Å²) in [5.74, 6) is -0.0944. The Morgan fingerprint density at radius 3 is 2.95 bits per heavy atom. The van der Waals surface area contributed by atoms with Crippen LogP contribution in [0.5, 0.6) is 0 Å². The third kappa shape index (κ3) is 4.81. The van der Waals surface area contributed by atoms with Gasteiger partial charge in [-0.3, -0.25) is 4.79 Å². The van der Waals surface area contributed by atoms with E-state index in [0.29, 0.717) is 29.4 Å². The normalized spacial score (nSPS) is 10.8. The summed E-state index contributed by atoms with van der Waals surface area (Å²) in [5.41, 5.74) is 7.92. The Balaban J connectivity index is 1.80. The fourth-order valence-electron chi connectivity index (χ4n) is 1.92. The average molecular weight is 308 g/mol. The molecular formula is C15H18ClN3O2. The van der Waals surface area contributed by atoms with Gasteiger partial charge in [-0.15, -0.1) is 0 Å². The van der Waals surface area contributed by atoms with Crippen LogP contribution in [0.4, 0.5) is 11.4 Å². The number of furan rings is 1. The fourth-order valence-corrected chi connectivity index (χ4v) is 2.09. The molecule has 5 nitrogen and oxygen atoms in total. The number of carbonyl (C=O) groups excluding carboxylic acids is 1. The van der Waals surface area contributed by atoms with Gasteiger partial charge in [0.1, 0.15) is 0 Å². The number of nitrogens with zero attached hydrogens (tertiary/aromatic N) is 1. The highest BCUT2D eigenvalue weighted by Crippen LogP contribution is 2.22. The molecule has 0 unspecified atom stereocenters. The molecule has 1 aromatic carbocycles. The quantitative estimate of drug-likeness (QED) is 0.805. The van der Waals surface area contributed by atoms with Gasteiger partial charge in [-0.05, 0) is 31.3 Å². The minimum Gasteiger partial charge on any atom is -0.472 e. The topological polar surface area (TPSA) is 71.5 Å². The summed E-state index contributed by atoms with van der Waals surface area (Å²) in [7, 11) is 1.95. The van der Waals surface area contributed by atoms with Crippen LogP contribution in [0.15, 0.2) is 41.2 Å². The molecule has 1 amide bonds. The fraction of sp³-hybridized carbons (Fsp3) is 0.267. The summed E-state index contributed by atoms with van der Waals surface area (Å²) < 4.78 is 5.01. The van der Waals surface area contributed by atoms with Crippen molar-refractivity contribution in [1.82, 2.24) is 4.90 Å². The first-order valence-corrected chi connectivity index (χ1v) is 6.97. The van der Waals surface area contributed by atoms with Gasteiger partial charge in [0, 0.05) is 30.1 Å². The van der Waals surface area contributed by atoms with Gasteiger partial charge in [-0.25, -0.2) is 0 Å². The van der Waals surface area contributed by atoms with E-state index in [1.165, 1.54) is 0 Å². The summed E-state index contributed by atoms with van der Waals surface area (Å²) in [4.78, 5) is 14.0. The van der Waals surface area contributed by atoms with E-state index < -0.39 is 0 Å². The lowest BCUT2D eigenvalue weighted by atomic mass is 10.2. The van der Waals surface area contributed by atoms with Crippen molar-refractivity contribution in [3.05, 3.63) is 47.4 Å². The van der Waals surface area contributed by atoms with Crippen LogP contribution in [0, 0.1) is 0 Å². The SMILES string of the molecule is CN(CCC(=O)Nc1cc(Cl)ccc1N)Cc1ccoc1. The zero-order valence-corrected chi connectivity index (χ0v) is 12.6. The lowest BCUT2D eigenvalue weighted by Crippen LogP contribution is -2.24. The van der Waals surface area contributed by atoms with Crippen LogP contribution in [-0.2, 0) is 11.3 Å². The largest absolute Gasteiger partial charge is 0.472 e. The first-order chi connectivity index (χ1) is 10.0. The molecule has 1 aromatic heterocycles. The smallest absolute Gasteiger partial charge is 0.225 e. The second kappa shape index (κ2) is 7.15. The Bertz CT molecular complexity index is 599. The van der Waals surface area contributed by atoms with E-state index >= 15 is 0 Å². The van der Waals surface area contributed by atoms with E-state index in [4.69, 9.17) is 21.8 Å². The van der Waals surface area contributed by atoms with Crippen LogP contribution in [0.3, 0.4) is 0 Å². The van der Waals surface area contributed by atoms with Crippen molar-refractivity contribution in [3.63, 3.8) is 0 Å². The number of amides is 1. The Labute approximate surface area is 128 Å². The second-order valence-electron chi connectivity index (χ2n) is 4.90. The molecular weight excluding hydrogens is 290 g/mol. The Hall–Kier alpha value is -1.98. The molecule has 2 rings (SSSR count). The molecule has 0 aliphatic rings. The third-order valence-corrected chi connectivity index (χ3v) is 3.28. The maximum Gasteiger partial charge on any atom is 0.225 e. The molecule has 0 atom stereocenters. The standard InChI is InChI=1S/C15H18ClN3O2/c1-19(9-11-5-7-21-10-11)6-4-15(20)18-14-8-12(16)2-3-13(14)17/h2-3,5,7-8,10H,4,6,9,17H2,1H3,(H,18,20). The molecule has 0 fully saturated rings. The van der Waals surface area contributed by atoms with Crippen LogP contribution in [0.1, 0.15) is 12.0 Å². The minimum atomic E-state index is -0.0944. The van der Waals surface area contributed by atoms with Gasteiger partial charge in [0.15, 0.2) is 0 Å². The van der Waals surface area contributed by atoms with E-state index in [0.717, 1.165) is 12.1 Å². The zero-order valence-electron chi connectivity index (χ0n) is 11.8. The number of nitrogen functional groups attached to an aromatic ring is 1. The first kappa shape index (κ1) is 15.4. The second-order valence-corrected chi connectivity index (χ2v) is 5.34. The van der Waals surface area contributed by atoms with Crippen molar-refractivity contribution in [2.75, 3.05) is 24.6 Å². The maximum absolute atomic E-state index is 11.9. The van der Waals surface area contributed by atoms with Crippen molar-refractivity contribution in [1.29, 1.82) is 0 Å². The molecule has 6 heteroatoms. The van der Waals surface area contributed by atoms with Crippen LogP contribution in [-0.4, -0.2) is 24.4 Å². The van der Waals surface area contributed by atoms with Crippen molar-refractivity contribution < 1.29 is 9.21 Å². The number of hydrogen-bond acceptors (Lipinski definition) is 4. The highest BCUT2D eigenvalue weighted by atomic mass is 35.5. The van der Waals surface area contributed by atoms with Gasteiger partial charge in [0.25, 0.3) is 0 Å². The molecule has 112 valence electrons. The number of benzene rings is 1. The van der Waals surface area contributed by atoms with E-state index in [1.807, 2.05) is 18.0 Å². The van der Waals surface area contributed by atoms with E-state index in [1.54, 1.807) is 30.7 Å². The molecule has 0 bridgehead atoms. The molecule has 0 saturated heterocycles. The molecule has 2 aromatic rings. The van der Waals surface area contributed by atoms with Crippen LogP contribution in [0.2, 0.25) is 5.02 Å². The van der Waals surface area contributed by atoms with Crippen LogP contribution in [0.25, 0.3) is 0 Å². The molecule has 21 heavy (non-hydrogen) atoms. The Kier molecular flexibility index (Phi) is 5.25. The van der Waals surface area contributed by atoms with Gasteiger partial charge < -0.3 is 20.4 Å². The predicted molar refractivity (Wildman–Crippen MR) is 84.2 cm³/mol. The molecule has 1 heterocycles. The number of rotatable bonds is 6. The number of hydrogen-bond donors (Lipinski definition) is 2. The van der Waals surface area contributed by atoms with Gasteiger partial charge in [0.05, 0.1) is 23.9 Å². The number of carbonyl (C=O) groups is 1. The van der Waals surface area contributed by atoms with Crippen LogP contribution >= 0.6 is 11.6 Å². The van der Waals surface area contributed by atoms with E-state index in [2.05, 4.69) is 5.32 Å². The van der Waals surface area contributed by atoms with Crippen molar-refractivity contribution >= 4 is 28.9 Å². The van der Waals surface area contributed by atoms with Crippen molar-refractivity contribution in [2.45, 2.75) is 13.0 Å². The van der Waals surface area contributed by atoms with Crippen LogP contribution < -0.4 is 11.1 Å². The zero-order chi connectivity index (χ0) is 15.2. The van der Waals surface area contributed by atoms with E-state index in [-0.39, 0.29) is 5.91 Å². The number of halogens is 1. The Morgan fingerprint density at radius 2 is 2.24 bits per heavy atom. The summed E-state index contributed by atoms with van der Waals surface area (Å²) in [6.07, 6.45) is 3.71. The number of nitrogens with one attached hydrogen (secondary N) is 1. The monoisotopic (exact) mass is 307 g/mol. The first-order valence-electron chi connectivity index (χ1n) is 6.59. The third-order valence-electron chi connectivity index (χ3n) is 3.04.